The monoisotopic (exact) mass is 282 g/mol. The lowest BCUT2D eigenvalue weighted by molar-refractivity contribution is -0.118. The van der Waals surface area contributed by atoms with E-state index in [0.717, 1.165) is 25.8 Å². The molecule has 1 amide bonds. The van der Waals surface area contributed by atoms with Crippen molar-refractivity contribution in [3.05, 3.63) is 17.2 Å². The van der Waals surface area contributed by atoms with Crippen LogP contribution >= 0.6 is 11.6 Å². The first-order valence-electron chi connectivity index (χ1n) is 6.37. The van der Waals surface area contributed by atoms with Crippen molar-refractivity contribution in [2.24, 2.45) is 0 Å². The van der Waals surface area contributed by atoms with Gasteiger partial charge in [-0.2, -0.15) is 0 Å². The zero-order valence-corrected chi connectivity index (χ0v) is 11.1. The number of benzene rings is 1. The largest absolute Gasteiger partial charge is 0.454 e. The van der Waals surface area contributed by atoms with E-state index in [9.17, 15) is 4.79 Å². The van der Waals surface area contributed by atoms with Crippen LogP contribution in [0.3, 0.4) is 0 Å². The number of halogens is 1. The van der Waals surface area contributed by atoms with Crippen molar-refractivity contribution in [1.82, 2.24) is 5.32 Å². The Bertz CT molecular complexity index is 501. The molecule has 1 aromatic rings. The lowest BCUT2D eigenvalue weighted by Crippen LogP contribution is -2.43. The number of carbonyl (C=O) groups excluding carboxylic acids is 1. The number of nitrogens with one attached hydrogen (secondary N) is 2. The molecule has 0 unspecified atom stereocenters. The summed E-state index contributed by atoms with van der Waals surface area (Å²) in [6.45, 7) is 1.07. The van der Waals surface area contributed by atoms with Crippen LogP contribution < -0.4 is 20.1 Å². The van der Waals surface area contributed by atoms with Crippen molar-refractivity contribution in [2.45, 2.75) is 25.3 Å². The SMILES string of the molecule is O=C(Nc1cc2c(cc1Cl)OCO2)[C@@H]1CCCCN1. The first-order valence-corrected chi connectivity index (χ1v) is 6.75. The number of fused-ring (bicyclic) bond motifs is 1. The van der Waals surface area contributed by atoms with Crippen molar-refractivity contribution >= 4 is 23.2 Å². The average molecular weight is 283 g/mol. The first-order chi connectivity index (χ1) is 9.24. The van der Waals surface area contributed by atoms with Gasteiger partial charge in [-0.15, -0.1) is 0 Å². The number of piperidine rings is 1. The molecule has 1 fully saturated rings. The first kappa shape index (κ1) is 12.6. The maximum atomic E-state index is 12.1. The topological polar surface area (TPSA) is 59.6 Å². The van der Waals surface area contributed by atoms with E-state index < -0.39 is 0 Å². The Morgan fingerprint density at radius 1 is 1.32 bits per heavy atom. The van der Waals surface area contributed by atoms with Crippen LogP contribution in [-0.4, -0.2) is 25.3 Å². The molecule has 2 N–H and O–H groups in total. The van der Waals surface area contributed by atoms with E-state index in [4.69, 9.17) is 21.1 Å². The molecule has 6 heteroatoms. The fourth-order valence-corrected chi connectivity index (χ4v) is 2.51. The van der Waals surface area contributed by atoms with Gasteiger partial charge >= 0.3 is 0 Å². The van der Waals surface area contributed by atoms with Gasteiger partial charge in [0, 0.05) is 12.1 Å². The summed E-state index contributed by atoms with van der Waals surface area (Å²) >= 11 is 6.12. The fraction of sp³-hybridized carbons (Fsp3) is 0.462. The van der Waals surface area contributed by atoms with Gasteiger partial charge in [0.25, 0.3) is 0 Å². The molecule has 0 radical (unpaired) electrons. The summed E-state index contributed by atoms with van der Waals surface area (Å²) in [6, 6.07) is 3.22. The van der Waals surface area contributed by atoms with Crippen LogP contribution in [0.5, 0.6) is 11.5 Å². The Kier molecular flexibility index (Phi) is 3.48. The molecule has 2 heterocycles. The average Bonchev–Trinajstić information content (AvgIpc) is 2.87. The third-order valence-electron chi connectivity index (χ3n) is 3.35. The summed E-state index contributed by atoms with van der Waals surface area (Å²) in [5.41, 5.74) is 0.559. The summed E-state index contributed by atoms with van der Waals surface area (Å²) in [6.07, 6.45) is 3.04. The number of amides is 1. The molecule has 0 aliphatic carbocycles. The van der Waals surface area contributed by atoms with Crippen LogP contribution in [0.1, 0.15) is 19.3 Å². The molecule has 1 aromatic carbocycles. The molecular weight excluding hydrogens is 268 g/mol. The minimum absolute atomic E-state index is 0.0551. The summed E-state index contributed by atoms with van der Waals surface area (Å²) < 4.78 is 10.5. The van der Waals surface area contributed by atoms with Crippen molar-refractivity contribution in [1.29, 1.82) is 0 Å². The van der Waals surface area contributed by atoms with E-state index >= 15 is 0 Å². The van der Waals surface area contributed by atoms with Crippen molar-refractivity contribution in [3.63, 3.8) is 0 Å². The molecule has 0 spiro atoms. The zero-order valence-electron chi connectivity index (χ0n) is 10.4. The molecule has 3 rings (SSSR count). The molecule has 5 nitrogen and oxygen atoms in total. The number of anilines is 1. The smallest absolute Gasteiger partial charge is 0.241 e. The minimum Gasteiger partial charge on any atom is -0.454 e. The molecule has 102 valence electrons. The van der Waals surface area contributed by atoms with Gasteiger partial charge in [0.1, 0.15) is 0 Å². The molecule has 0 saturated carbocycles. The Hall–Kier alpha value is -1.46. The normalized spacial score (nSPS) is 21.2. The number of hydrogen-bond donors (Lipinski definition) is 2. The predicted octanol–water partition coefficient (Wildman–Crippen LogP) is 2.15. The van der Waals surface area contributed by atoms with Gasteiger partial charge in [-0.1, -0.05) is 18.0 Å². The highest BCUT2D eigenvalue weighted by Crippen LogP contribution is 2.39. The van der Waals surface area contributed by atoms with Gasteiger partial charge in [0.2, 0.25) is 12.7 Å². The molecule has 0 aromatic heterocycles. The summed E-state index contributed by atoms with van der Waals surface area (Å²) in [7, 11) is 0. The number of rotatable bonds is 2. The Morgan fingerprint density at radius 3 is 2.84 bits per heavy atom. The lowest BCUT2D eigenvalue weighted by atomic mass is 10.0. The van der Waals surface area contributed by atoms with E-state index in [1.165, 1.54) is 0 Å². The Balaban J connectivity index is 1.74. The second-order valence-electron chi connectivity index (χ2n) is 4.68. The van der Waals surface area contributed by atoms with Crippen LogP contribution in [0.2, 0.25) is 5.02 Å². The standard InChI is InChI=1S/C13H15ClN2O3/c14-8-5-11-12(19-7-18-11)6-10(8)16-13(17)9-3-1-2-4-15-9/h5-6,9,15H,1-4,7H2,(H,16,17)/t9-/m0/s1. The van der Waals surface area contributed by atoms with E-state index in [0.29, 0.717) is 22.2 Å². The Labute approximate surface area is 116 Å². The lowest BCUT2D eigenvalue weighted by Gasteiger charge is -2.22. The highest BCUT2D eigenvalue weighted by Gasteiger charge is 2.23. The number of carbonyl (C=O) groups is 1. The van der Waals surface area contributed by atoms with Gasteiger partial charge in [-0.25, -0.2) is 0 Å². The minimum atomic E-state index is -0.143. The van der Waals surface area contributed by atoms with Crippen LogP contribution in [0.4, 0.5) is 5.69 Å². The third-order valence-corrected chi connectivity index (χ3v) is 3.66. The Morgan fingerprint density at radius 2 is 2.11 bits per heavy atom. The summed E-state index contributed by atoms with van der Waals surface area (Å²) in [5, 5.41) is 6.49. The molecule has 1 saturated heterocycles. The third kappa shape index (κ3) is 2.62. The molecular formula is C13H15ClN2O3. The van der Waals surface area contributed by atoms with Gasteiger partial charge in [0.15, 0.2) is 11.5 Å². The van der Waals surface area contributed by atoms with Crippen LogP contribution in [0, 0.1) is 0 Å². The highest BCUT2D eigenvalue weighted by molar-refractivity contribution is 6.34. The van der Waals surface area contributed by atoms with Crippen molar-refractivity contribution in [2.75, 3.05) is 18.7 Å². The maximum absolute atomic E-state index is 12.1. The zero-order chi connectivity index (χ0) is 13.2. The van der Waals surface area contributed by atoms with E-state index in [-0.39, 0.29) is 18.7 Å². The van der Waals surface area contributed by atoms with Gasteiger partial charge in [-0.05, 0) is 19.4 Å². The molecule has 2 aliphatic heterocycles. The molecule has 1 atom stereocenters. The second-order valence-corrected chi connectivity index (χ2v) is 5.08. The van der Waals surface area contributed by atoms with Gasteiger partial charge in [-0.3, -0.25) is 4.79 Å². The van der Waals surface area contributed by atoms with Gasteiger partial charge in [0.05, 0.1) is 16.8 Å². The fourth-order valence-electron chi connectivity index (χ4n) is 2.31. The van der Waals surface area contributed by atoms with Gasteiger partial charge < -0.3 is 20.1 Å². The van der Waals surface area contributed by atoms with Crippen molar-refractivity contribution < 1.29 is 14.3 Å². The quantitative estimate of drug-likeness (QED) is 0.873. The number of ether oxygens (including phenoxy) is 2. The predicted molar refractivity (Wildman–Crippen MR) is 71.8 cm³/mol. The van der Waals surface area contributed by atoms with Crippen LogP contribution in [-0.2, 0) is 4.79 Å². The molecule has 2 aliphatic rings. The summed E-state index contributed by atoms with van der Waals surface area (Å²) in [4.78, 5) is 12.1. The maximum Gasteiger partial charge on any atom is 0.241 e. The van der Waals surface area contributed by atoms with Crippen LogP contribution in [0.15, 0.2) is 12.1 Å². The number of hydrogen-bond acceptors (Lipinski definition) is 4. The van der Waals surface area contributed by atoms with Crippen LogP contribution in [0.25, 0.3) is 0 Å². The van der Waals surface area contributed by atoms with E-state index in [1.54, 1.807) is 12.1 Å². The highest BCUT2D eigenvalue weighted by atomic mass is 35.5. The van der Waals surface area contributed by atoms with Crippen molar-refractivity contribution in [3.8, 4) is 11.5 Å². The van der Waals surface area contributed by atoms with E-state index in [2.05, 4.69) is 10.6 Å². The molecule has 19 heavy (non-hydrogen) atoms. The second kappa shape index (κ2) is 5.27. The summed E-state index contributed by atoms with van der Waals surface area (Å²) in [5.74, 6) is 1.16. The molecule has 0 bridgehead atoms. The van der Waals surface area contributed by atoms with E-state index in [1.807, 2.05) is 0 Å².